The van der Waals surface area contributed by atoms with Crippen molar-refractivity contribution in [1.82, 2.24) is 5.32 Å². The molecule has 1 unspecified atom stereocenters. The third kappa shape index (κ3) is 3.51. The Morgan fingerprint density at radius 2 is 2.31 bits per heavy atom. The van der Waals surface area contributed by atoms with Crippen molar-refractivity contribution in [1.29, 1.82) is 0 Å². The first-order valence-electron chi connectivity index (χ1n) is 5.03. The van der Waals surface area contributed by atoms with E-state index in [1.54, 1.807) is 25.3 Å². The molecule has 1 aromatic rings. The normalized spacial score (nSPS) is 13.0. The molecule has 0 amide bonds. The van der Waals surface area contributed by atoms with Gasteiger partial charge < -0.3 is 10.1 Å². The lowest BCUT2D eigenvalue weighted by Gasteiger charge is -2.12. The Balaban J connectivity index is 2.74. The zero-order valence-electron chi connectivity index (χ0n) is 9.34. The van der Waals surface area contributed by atoms with Crippen molar-refractivity contribution in [2.45, 2.75) is 13.0 Å². The maximum absolute atomic E-state index is 13.6. The van der Waals surface area contributed by atoms with Crippen LogP contribution in [-0.2, 0) is 0 Å². The molecular formula is C12H15ClFNO. The molecule has 1 N–H and O–H groups in total. The summed E-state index contributed by atoms with van der Waals surface area (Å²) >= 11 is 5.34. The topological polar surface area (TPSA) is 21.3 Å². The second-order valence-electron chi connectivity index (χ2n) is 3.37. The van der Waals surface area contributed by atoms with E-state index >= 15 is 0 Å². The SMILES string of the molecule is CNC(C)c1ccc(OC/C=C/Cl)cc1F. The molecule has 16 heavy (non-hydrogen) atoms. The lowest BCUT2D eigenvalue weighted by molar-refractivity contribution is 0.360. The van der Waals surface area contributed by atoms with Gasteiger partial charge in [0, 0.05) is 23.2 Å². The van der Waals surface area contributed by atoms with Gasteiger partial charge in [-0.1, -0.05) is 17.7 Å². The van der Waals surface area contributed by atoms with E-state index in [0.29, 0.717) is 17.9 Å². The van der Waals surface area contributed by atoms with Gasteiger partial charge >= 0.3 is 0 Å². The van der Waals surface area contributed by atoms with Gasteiger partial charge in [-0.25, -0.2) is 4.39 Å². The minimum absolute atomic E-state index is 0.0169. The lowest BCUT2D eigenvalue weighted by atomic mass is 10.1. The molecule has 0 aliphatic carbocycles. The largest absolute Gasteiger partial charge is 0.489 e. The van der Waals surface area contributed by atoms with Crippen LogP contribution in [0.4, 0.5) is 4.39 Å². The highest BCUT2D eigenvalue weighted by Gasteiger charge is 2.09. The van der Waals surface area contributed by atoms with Crippen molar-refractivity contribution in [2.24, 2.45) is 0 Å². The molecule has 0 aromatic heterocycles. The van der Waals surface area contributed by atoms with E-state index in [-0.39, 0.29) is 11.9 Å². The van der Waals surface area contributed by atoms with Crippen LogP contribution in [0.15, 0.2) is 29.8 Å². The summed E-state index contributed by atoms with van der Waals surface area (Å²) in [6, 6.07) is 4.83. The van der Waals surface area contributed by atoms with Gasteiger partial charge in [0.15, 0.2) is 0 Å². The van der Waals surface area contributed by atoms with Gasteiger partial charge in [0.25, 0.3) is 0 Å². The van der Waals surface area contributed by atoms with E-state index in [1.165, 1.54) is 11.6 Å². The Kier molecular flexibility index (Phi) is 5.29. The van der Waals surface area contributed by atoms with E-state index in [9.17, 15) is 4.39 Å². The molecule has 0 saturated carbocycles. The maximum Gasteiger partial charge on any atom is 0.131 e. The number of rotatable bonds is 5. The zero-order chi connectivity index (χ0) is 12.0. The van der Waals surface area contributed by atoms with Crippen LogP contribution in [0.2, 0.25) is 0 Å². The van der Waals surface area contributed by atoms with Crippen LogP contribution in [0.5, 0.6) is 5.75 Å². The van der Waals surface area contributed by atoms with Crippen LogP contribution < -0.4 is 10.1 Å². The Morgan fingerprint density at radius 1 is 1.56 bits per heavy atom. The number of nitrogens with one attached hydrogen (secondary N) is 1. The van der Waals surface area contributed by atoms with Crippen LogP contribution in [-0.4, -0.2) is 13.7 Å². The summed E-state index contributed by atoms with van der Waals surface area (Å²) in [4.78, 5) is 0. The molecule has 0 saturated heterocycles. The Labute approximate surface area is 100 Å². The van der Waals surface area contributed by atoms with Gasteiger partial charge in [-0.3, -0.25) is 0 Å². The fourth-order valence-corrected chi connectivity index (χ4v) is 1.36. The van der Waals surface area contributed by atoms with E-state index in [1.807, 2.05) is 6.92 Å². The van der Waals surface area contributed by atoms with Gasteiger partial charge in [-0.15, -0.1) is 0 Å². The highest BCUT2D eigenvalue weighted by molar-refractivity contribution is 6.25. The van der Waals surface area contributed by atoms with Gasteiger partial charge in [0.2, 0.25) is 0 Å². The average molecular weight is 244 g/mol. The quantitative estimate of drug-likeness (QED) is 0.857. The average Bonchev–Trinajstić information content (AvgIpc) is 2.29. The number of hydrogen-bond donors (Lipinski definition) is 1. The predicted molar refractivity (Wildman–Crippen MR) is 64.4 cm³/mol. The third-order valence-corrected chi connectivity index (χ3v) is 2.48. The molecule has 0 spiro atoms. The number of ether oxygens (including phenoxy) is 1. The van der Waals surface area contributed by atoms with Crippen molar-refractivity contribution >= 4 is 11.6 Å². The van der Waals surface area contributed by atoms with Crippen LogP contribution in [0.25, 0.3) is 0 Å². The molecule has 88 valence electrons. The highest BCUT2D eigenvalue weighted by atomic mass is 35.5. The smallest absolute Gasteiger partial charge is 0.131 e. The molecule has 0 fully saturated rings. The number of halogens is 2. The van der Waals surface area contributed by atoms with E-state index in [4.69, 9.17) is 16.3 Å². The highest BCUT2D eigenvalue weighted by Crippen LogP contribution is 2.21. The first-order valence-corrected chi connectivity index (χ1v) is 5.47. The van der Waals surface area contributed by atoms with E-state index in [2.05, 4.69) is 5.32 Å². The minimum Gasteiger partial charge on any atom is -0.489 e. The molecule has 0 bridgehead atoms. The lowest BCUT2D eigenvalue weighted by Crippen LogP contribution is -2.13. The predicted octanol–water partition coefficient (Wildman–Crippen LogP) is 3.24. The van der Waals surface area contributed by atoms with E-state index < -0.39 is 0 Å². The van der Waals surface area contributed by atoms with Crippen LogP contribution >= 0.6 is 11.6 Å². The Morgan fingerprint density at radius 3 is 2.88 bits per heavy atom. The molecule has 0 aliphatic heterocycles. The van der Waals surface area contributed by atoms with Crippen molar-refractivity contribution in [2.75, 3.05) is 13.7 Å². The molecule has 0 radical (unpaired) electrons. The second-order valence-corrected chi connectivity index (χ2v) is 3.62. The molecule has 1 aromatic carbocycles. The monoisotopic (exact) mass is 243 g/mol. The van der Waals surface area contributed by atoms with E-state index in [0.717, 1.165) is 0 Å². The van der Waals surface area contributed by atoms with Crippen molar-refractivity contribution in [3.8, 4) is 5.75 Å². The summed E-state index contributed by atoms with van der Waals surface area (Å²) in [6.07, 6.45) is 1.64. The third-order valence-electron chi connectivity index (χ3n) is 2.31. The molecule has 1 atom stereocenters. The Bertz CT molecular complexity index is 368. The number of benzene rings is 1. The first kappa shape index (κ1) is 13.0. The summed E-state index contributed by atoms with van der Waals surface area (Å²) in [5.41, 5.74) is 2.00. The zero-order valence-corrected chi connectivity index (χ0v) is 10.1. The standard InChI is InChI=1S/C12H15ClFNO/c1-9(15-2)11-5-4-10(8-12(11)14)16-7-3-6-13/h3-6,8-9,15H,7H2,1-2H3/b6-3+. The summed E-state index contributed by atoms with van der Waals surface area (Å²) in [5.74, 6) is 0.230. The first-order chi connectivity index (χ1) is 7.69. The van der Waals surface area contributed by atoms with Crippen LogP contribution in [0.1, 0.15) is 18.5 Å². The fourth-order valence-electron chi connectivity index (χ4n) is 1.29. The second kappa shape index (κ2) is 6.51. The summed E-state index contributed by atoms with van der Waals surface area (Å²) in [5, 5.41) is 2.98. The molecular weight excluding hydrogens is 229 g/mol. The van der Waals surface area contributed by atoms with Crippen LogP contribution in [0, 0.1) is 5.82 Å². The summed E-state index contributed by atoms with van der Waals surface area (Å²) in [6.45, 7) is 2.24. The fraction of sp³-hybridized carbons (Fsp3) is 0.333. The maximum atomic E-state index is 13.6. The molecule has 0 aliphatic rings. The summed E-state index contributed by atoms with van der Waals surface area (Å²) in [7, 11) is 1.79. The van der Waals surface area contributed by atoms with Gasteiger partial charge in [0.1, 0.15) is 18.2 Å². The molecule has 0 heterocycles. The van der Waals surface area contributed by atoms with Crippen LogP contribution in [0.3, 0.4) is 0 Å². The number of hydrogen-bond acceptors (Lipinski definition) is 2. The molecule has 2 nitrogen and oxygen atoms in total. The van der Waals surface area contributed by atoms with Gasteiger partial charge in [-0.05, 0) is 26.1 Å². The van der Waals surface area contributed by atoms with Gasteiger partial charge in [-0.2, -0.15) is 0 Å². The van der Waals surface area contributed by atoms with Crippen molar-refractivity contribution < 1.29 is 9.13 Å². The van der Waals surface area contributed by atoms with Crippen molar-refractivity contribution in [3.05, 3.63) is 41.2 Å². The van der Waals surface area contributed by atoms with Gasteiger partial charge in [0.05, 0.1) is 0 Å². The Hall–Kier alpha value is -1.06. The summed E-state index contributed by atoms with van der Waals surface area (Å²) < 4.78 is 18.9. The molecule has 4 heteroatoms. The minimum atomic E-state index is -0.269. The van der Waals surface area contributed by atoms with Crippen molar-refractivity contribution in [3.63, 3.8) is 0 Å². The molecule has 1 rings (SSSR count).